The van der Waals surface area contributed by atoms with Crippen molar-refractivity contribution in [2.45, 2.75) is 32.8 Å². The molecule has 2 N–H and O–H groups in total. The molecule has 3 rings (SSSR count). The lowest BCUT2D eigenvalue weighted by Crippen LogP contribution is -2.34. The van der Waals surface area contributed by atoms with Gasteiger partial charge in [0.1, 0.15) is 25.0 Å². The molecule has 1 aromatic heterocycles. The van der Waals surface area contributed by atoms with Crippen molar-refractivity contribution in [1.29, 1.82) is 0 Å². The Kier molecular flexibility index (Phi) is 10.0. The zero-order chi connectivity index (χ0) is 30.1. The minimum absolute atomic E-state index is 0.0228. The van der Waals surface area contributed by atoms with Gasteiger partial charge in [-0.1, -0.05) is 24.3 Å². The largest absolute Gasteiger partial charge is 0.460 e. The predicted molar refractivity (Wildman–Crippen MR) is 140 cm³/mol. The van der Waals surface area contributed by atoms with Crippen LogP contribution in [0.5, 0.6) is 0 Å². The maximum Gasteiger partial charge on any atom is 0.336 e. The number of amides is 1. The molecule has 41 heavy (non-hydrogen) atoms. The van der Waals surface area contributed by atoms with Gasteiger partial charge < -0.3 is 24.9 Å². The smallest absolute Gasteiger partial charge is 0.336 e. The maximum absolute atomic E-state index is 13.4. The van der Waals surface area contributed by atoms with E-state index in [2.05, 4.69) is 20.5 Å². The molecule has 0 bridgehead atoms. The third kappa shape index (κ3) is 7.62. The predicted octanol–water partition coefficient (Wildman–Crippen LogP) is 2.34. The summed E-state index contributed by atoms with van der Waals surface area (Å²) < 4.78 is 10.6. The van der Waals surface area contributed by atoms with Crippen LogP contribution < -0.4 is 10.6 Å². The van der Waals surface area contributed by atoms with Gasteiger partial charge >= 0.3 is 11.9 Å². The number of benzene rings is 1. The Morgan fingerprint density at radius 2 is 1.63 bits per heavy atom. The van der Waals surface area contributed by atoms with Crippen molar-refractivity contribution < 1.29 is 38.7 Å². The van der Waals surface area contributed by atoms with Crippen LogP contribution in [0.4, 0.5) is 5.69 Å². The summed E-state index contributed by atoms with van der Waals surface area (Å²) in [5.74, 6) is -3.63. The Balaban J connectivity index is 1.87. The number of hydrogen-bond donors (Lipinski definition) is 2. The molecule has 2 aromatic rings. The number of nitrogens with one attached hydrogen (secondary N) is 2. The van der Waals surface area contributed by atoms with E-state index >= 15 is 0 Å². The molecule has 1 aliphatic heterocycles. The van der Waals surface area contributed by atoms with Crippen molar-refractivity contribution in [2.75, 3.05) is 19.8 Å². The fourth-order valence-corrected chi connectivity index (χ4v) is 4.17. The molecule has 0 fully saturated rings. The van der Waals surface area contributed by atoms with Crippen LogP contribution in [0.25, 0.3) is 0 Å². The van der Waals surface area contributed by atoms with Gasteiger partial charge in [-0.25, -0.2) is 9.59 Å². The number of nitro groups is 1. The Hall–Kier alpha value is -5.34. The van der Waals surface area contributed by atoms with Crippen molar-refractivity contribution in [3.05, 3.63) is 103 Å². The highest BCUT2D eigenvalue weighted by Crippen LogP contribution is 2.42. The van der Waals surface area contributed by atoms with Gasteiger partial charge in [-0.05, 0) is 32.9 Å². The minimum atomic E-state index is -1.28. The minimum Gasteiger partial charge on any atom is -0.460 e. The van der Waals surface area contributed by atoms with E-state index in [-0.39, 0.29) is 52.6 Å². The quantitative estimate of drug-likeness (QED) is 0.164. The van der Waals surface area contributed by atoms with Crippen LogP contribution in [-0.2, 0) is 23.9 Å². The molecule has 0 spiro atoms. The number of esters is 2. The van der Waals surface area contributed by atoms with Crippen molar-refractivity contribution in [3.8, 4) is 0 Å². The van der Waals surface area contributed by atoms with Gasteiger partial charge in [-0.15, -0.1) is 10.1 Å². The first kappa shape index (κ1) is 30.2. The molecule has 2 atom stereocenters. The Bertz CT molecular complexity index is 1410. The molecular formula is C26H27N5O10. The van der Waals surface area contributed by atoms with E-state index in [1.165, 1.54) is 50.4 Å². The molecule has 0 saturated heterocycles. The summed E-state index contributed by atoms with van der Waals surface area (Å²) in [7, 11) is 0. The molecule has 0 saturated carbocycles. The number of para-hydroxylation sites is 1. The van der Waals surface area contributed by atoms with E-state index in [1.807, 2.05) is 0 Å². The lowest BCUT2D eigenvalue weighted by atomic mass is 9.79. The highest BCUT2D eigenvalue weighted by molar-refractivity contribution is 6.00. The van der Waals surface area contributed by atoms with Gasteiger partial charge in [0.05, 0.1) is 28.5 Å². The number of nitrogens with zero attached hydrogens (tertiary/aromatic N) is 3. The fraction of sp³-hybridized carbons (Fsp3) is 0.308. The van der Waals surface area contributed by atoms with Gasteiger partial charge in [0.2, 0.25) is 0 Å². The first-order valence-electron chi connectivity index (χ1n) is 12.3. The van der Waals surface area contributed by atoms with Gasteiger partial charge in [0, 0.05) is 29.2 Å². The van der Waals surface area contributed by atoms with Gasteiger partial charge in [0.15, 0.2) is 0 Å². The van der Waals surface area contributed by atoms with Crippen LogP contribution >= 0.6 is 0 Å². The zero-order valence-electron chi connectivity index (χ0n) is 22.3. The van der Waals surface area contributed by atoms with Crippen LogP contribution in [0.3, 0.4) is 0 Å². The Morgan fingerprint density at radius 3 is 2.24 bits per heavy atom. The second-order valence-corrected chi connectivity index (χ2v) is 8.80. The summed E-state index contributed by atoms with van der Waals surface area (Å²) in [4.78, 5) is 69.0. The van der Waals surface area contributed by atoms with E-state index in [4.69, 9.17) is 9.47 Å². The number of carbonyl (C=O) groups is 3. The number of rotatable bonds is 12. The van der Waals surface area contributed by atoms with E-state index in [9.17, 15) is 34.6 Å². The number of nitro benzene ring substituents is 1. The molecule has 2 unspecified atom stereocenters. The standard InChI is InChI=1S/C26H27N5O10/c1-15(41-31(37)38)14-40-26(34)22-17(3)29-16(2)21(23(22)18-8-4-5-10-20(18)30(35)36)25(33)39-13-12-28-24(32)19-9-6-7-11-27-19/h4-11,15,23,29H,12-14H2,1-3H3,(H,28,32). The fourth-order valence-electron chi connectivity index (χ4n) is 4.17. The molecule has 216 valence electrons. The van der Waals surface area contributed by atoms with Crippen molar-refractivity contribution >= 4 is 23.5 Å². The van der Waals surface area contributed by atoms with Crippen LogP contribution in [0, 0.1) is 20.2 Å². The number of dihydropyridines is 1. The SMILES string of the molecule is CC1=C(C(=O)OCCNC(=O)c2ccccn2)C(c2ccccc2[N+](=O)[O-])C(C(=O)OCC(C)O[N+](=O)[O-])=C(C)N1. The highest BCUT2D eigenvalue weighted by Gasteiger charge is 2.41. The molecule has 0 aliphatic carbocycles. The summed E-state index contributed by atoms with van der Waals surface area (Å²) in [5, 5.41) is 26.9. The third-order valence-electron chi connectivity index (χ3n) is 5.88. The number of hydrogen-bond acceptors (Lipinski definition) is 12. The van der Waals surface area contributed by atoms with Crippen LogP contribution in [0.15, 0.2) is 71.2 Å². The zero-order valence-corrected chi connectivity index (χ0v) is 22.3. The van der Waals surface area contributed by atoms with E-state index in [0.717, 1.165) is 0 Å². The summed E-state index contributed by atoms with van der Waals surface area (Å²) in [5.41, 5.74) is 0.133. The lowest BCUT2D eigenvalue weighted by Gasteiger charge is -2.30. The van der Waals surface area contributed by atoms with Gasteiger partial charge in [-0.3, -0.25) is 19.9 Å². The van der Waals surface area contributed by atoms with Crippen molar-refractivity contribution in [2.24, 2.45) is 0 Å². The number of carbonyl (C=O) groups excluding carboxylic acids is 3. The molecule has 2 heterocycles. The summed E-state index contributed by atoms with van der Waals surface area (Å²) in [6.07, 6.45) is 0.357. The number of aromatic nitrogens is 1. The molecule has 15 nitrogen and oxygen atoms in total. The van der Waals surface area contributed by atoms with Crippen LogP contribution in [0.1, 0.15) is 42.7 Å². The summed E-state index contributed by atoms with van der Waals surface area (Å²) in [6.45, 7) is 3.56. The molecule has 15 heteroatoms. The Labute approximate surface area is 233 Å². The third-order valence-corrected chi connectivity index (χ3v) is 5.88. The average molecular weight is 570 g/mol. The normalized spacial score (nSPS) is 15.3. The first-order chi connectivity index (χ1) is 19.5. The van der Waals surface area contributed by atoms with E-state index < -0.39 is 46.5 Å². The highest BCUT2D eigenvalue weighted by atomic mass is 17.0. The first-order valence-corrected chi connectivity index (χ1v) is 12.3. The van der Waals surface area contributed by atoms with Crippen LogP contribution in [-0.4, -0.2) is 58.7 Å². The summed E-state index contributed by atoms with van der Waals surface area (Å²) >= 11 is 0. The Morgan fingerprint density at radius 1 is 1.00 bits per heavy atom. The lowest BCUT2D eigenvalue weighted by molar-refractivity contribution is -0.767. The average Bonchev–Trinajstić information content (AvgIpc) is 2.93. The number of ether oxygens (including phenoxy) is 2. The van der Waals surface area contributed by atoms with Crippen LogP contribution in [0.2, 0.25) is 0 Å². The topological polar surface area (TPSA) is 202 Å². The second-order valence-electron chi connectivity index (χ2n) is 8.80. The molecule has 1 amide bonds. The monoisotopic (exact) mass is 569 g/mol. The van der Waals surface area contributed by atoms with Gasteiger partial charge in [-0.2, -0.15) is 0 Å². The van der Waals surface area contributed by atoms with E-state index in [1.54, 1.807) is 19.1 Å². The molecular weight excluding hydrogens is 542 g/mol. The van der Waals surface area contributed by atoms with Gasteiger partial charge in [0.25, 0.3) is 16.7 Å². The maximum atomic E-state index is 13.4. The summed E-state index contributed by atoms with van der Waals surface area (Å²) in [6, 6.07) is 10.4. The number of allylic oxidation sites excluding steroid dienone is 2. The molecule has 0 radical (unpaired) electrons. The molecule has 1 aromatic carbocycles. The van der Waals surface area contributed by atoms with E-state index in [0.29, 0.717) is 0 Å². The number of pyridine rings is 1. The molecule has 1 aliphatic rings. The second kappa shape index (κ2) is 13.6. The van der Waals surface area contributed by atoms with Crippen molar-refractivity contribution in [3.63, 3.8) is 0 Å². The van der Waals surface area contributed by atoms with Crippen molar-refractivity contribution in [1.82, 2.24) is 15.6 Å².